The predicted molar refractivity (Wildman–Crippen MR) is 65.5 cm³/mol. The van der Waals surface area contributed by atoms with Gasteiger partial charge < -0.3 is 15.3 Å². The van der Waals surface area contributed by atoms with E-state index in [1.165, 1.54) is 4.90 Å². The third-order valence-corrected chi connectivity index (χ3v) is 1.90. The molecule has 0 heterocycles. The molecule has 0 aliphatic heterocycles. The topological polar surface area (TPSA) is 69.6 Å². The number of hydrogen-bond donors (Lipinski definition) is 2. The molecule has 2 N–H and O–H groups in total. The molecule has 96 valence electrons. The van der Waals surface area contributed by atoms with Crippen molar-refractivity contribution in [3.8, 4) is 11.8 Å². The minimum atomic E-state index is -1.01. The molecule has 0 rings (SSSR count). The van der Waals surface area contributed by atoms with Gasteiger partial charge in [0.15, 0.2) is 0 Å². The third kappa shape index (κ3) is 8.14. The molecule has 0 unspecified atom stereocenters. The van der Waals surface area contributed by atoms with Gasteiger partial charge in [-0.15, -0.1) is 11.8 Å². The van der Waals surface area contributed by atoms with Crippen molar-refractivity contribution in [2.75, 3.05) is 19.6 Å². The van der Waals surface area contributed by atoms with Crippen LogP contribution in [0.4, 0.5) is 4.79 Å². The SMILES string of the molecule is CC#CCCNC(=O)N(CC(=O)O)CC(C)C. The van der Waals surface area contributed by atoms with Crippen molar-refractivity contribution in [1.82, 2.24) is 10.2 Å². The number of rotatable bonds is 6. The Hall–Kier alpha value is -1.70. The Balaban J connectivity index is 4.19. The average Bonchev–Trinajstić information content (AvgIpc) is 2.22. The minimum absolute atomic E-state index is 0.232. The van der Waals surface area contributed by atoms with E-state index in [-0.39, 0.29) is 18.5 Å². The quantitative estimate of drug-likeness (QED) is 0.540. The first-order valence-corrected chi connectivity index (χ1v) is 5.61. The smallest absolute Gasteiger partial charge is 0.323 e. The summed E-state index contributed by atoms with van der Waals surface area (Å²) in [4.78, 5) is 23.6. The number of carbonyl (C=O) groups is 2. The number of nitrogens with zero attached hydrogens (tertiary/aromatic N) is 1. The first kappa shape index (κ1) is 15.3. The molecule has 5 heteroatoms. The van der Waals surface area contributed by atoms with E-state index in [0.717, 1.165) is 0 Å². The predicted octanol–water partition coefficient (Wildman–Crippen LogP) is 1.15. The Morgan fingerprint density at radius 1 is 1.41 bits per heavy atom. The Kier molecular flexibility index (Phi) is 7.61. The van der Waals surface area contributed by atoms with Crippen LogP contribution in [-0.2, 0) is 4.79 Å². The first-order valence-electron chi connectivity index (χ1n) is 5.61. The molecule has 0 aliphatic carbocycles. The van der Waals surface area contributed by atoms with Crippen molar-refractivity contribution < 1.29 is 14.7 Å². The zero-order valence-electron chi connectivity index (χ0n) is 10.6. The van der Waals surface area contributed by atoms with Crippen molar-refractivity contribution in [1.29, 1.82) is 0 Å². The molecule has 0 saturated carbocycles. The van der Waals surface area contributed by atoms with Crippen molar-refractivity contribution >= 4 is 12.0 Å². The minimum Gasteiger partial charge on any atom is -0.480 e. The van der Waals surface area contributed by atoms with Crippen LogP contribution in [0.15, 0.2) is 0 Å². The van der Waals surface area contributed by atoms with Crippen LogP contribution in [0.3, 0.4) is 0 Å². The lowest BCUT2D eigenvalue weighted by atomic mass is 10.2. The van der Waals surface area contributed by atoms with Gasteiger partial charge >= 0.3 is 12.0 Å². The molecule has 0 aromatic rings. The second-order valence-electron chi connectivity index (χ2n) is 4.08. The summed E-state index contributed by atoms with van der Waals surface area (Å²) in [5.41, 5.74) is 0. The summed E-state index contributed by atoms with van der Waals surface area (Å²) in [6, 6.07) is -0.348. The van der Waals surface area contributed by atoms with Gasteiger partial charge in [-0.3, -0.25) is 4.79 Å². The average molecular weight is 240 g/mol. The summed E-state index contributed by atoms with van der Waals surface area (Å²) < 4.78 is 0. The van der Waals surface area contributed by atoms with Gasteiger partial charge in [0.2, 0.25) is 0 Å². The molecule has 0 bridgehead atoms. The normalized spacial score (nSPS) is 9.41. The van der Waals surface area contributed by atoms with Crippen LogP contribution in [0.5, 0.6) is 0 Å². The summed E-state index contributed by atoms with van der Waals surface area (Å²) >= 11 is 0. The maximum absolute atomic E-state index is 11.7. The molecular formula is C12H20N2O3. The standard InChI is InChI=1S/C12H20N2O3/c1-4-5-6-7-13-12(17)14(8-10(2)3)9-11(15)16/h10H,6-9H2,1-3H3,(H,13,17)(H,15,16). The highest BCUT2D eigenvalue weighted by molar-refractivity contribution is 5.80. The molecule has 0 aromatic heterocycles. The van der Waals surface area contributed by atoms with Crippen LogP contribution in [0.2, 0.25) is 0 Å². The number of carboxylic acid groups (broad SMARTS) is 1. The van der Waals surface area contributed by atoms with E-state index >= 15 is 0 Å². The van der Waals surface area contributed by atoms with Gasteiger partial charge in [-0.2, -0.15) is 0 Å². The fourth-order valence-corrected chi connectivity index (χ4v) is 1.29. The van der Waals surface area contributed by atoms with Crippen molar-refractivity contribution in [2.45, 2.75) is 27.2 Å². The van der Waals surface area contributed by atoms with Crippen LogP contribution < -0.4 is 5.32 Å². The molecular weight excluding hydrogens is 220 g/mol. The van der Waals surface area contributed by atoms with Gasteiger partial charge in [0, 0.05) is 19.5 Å². The highest BCUT2D eigenvalue weighted by Gasteiger charge is 2.16. The Morgan fingerprint density at radius 2 is 2.06 bits per heavy atom. The molecule has 0 radical (unpaired) electrons. The number of urea groups is 1. The maximum Gasteiger partial charge on any atom is 0.323 e. The highest BCUT2D eigenvalue weighted by atomic mass is 16.4. The van der Waals surface area contributed by atoms with E-state index in [9.17, 15) is 9.59 Å². The summed E-state index contributed by atoms with van der Waals surface area (Å²) in [6.45, 7) is 6.20. The molecule has 0 fully saturated rings. The lowest BCUT2D eigenvalue weighted by Crippen LogP contribution is -2.44. The van der Waals surface area contributed by atoms with Gasteiger partial charge in [-0.1, -0.05) is 13.8 Å². The van der Waals surface area contributed by atoms with Crippen LogP contribution in [0, 0.1) is 17.8 Å². The Labute approximate surface area is 102 Å². The lowest BCUT2D eigenvalue weighted by molar-refractivity contribution is -0.137. The molecule has 17 heavy (non-hydrogen) atoms. The Bertz CT molecular complexity index is 315. The number of nitrogens with one attached hydrogen (secondary N) is 1. The number of carboxylic acids is 1. The fraction of sp³-hybridized carbons (Fsp3) is 0.667. The van der Waals surface area contributed by atoms with Crippen LogP contribution in [0.25, 0.3) is 0 Å². The monoisotopic (exact) mass is 240 g/mol. The summed E-state index contributed by atoms with van der Waals surface area (Å²) in [6.07, 6.45) is 0.574. The van der Waals surface area contributed by atoms with Crippen LogP contribution in [0.1, 0.15) is 27.2 Å². The van der Waals surface area contributed by atoms with Crippen molar-refractivity contribution in [3.05, 3.63) is 0 Å². The van der Waals surface area contributed by atoms with E-state index in [0.29, 0.717) is 19.5 Å². The summed E-state index contributed by atoms with van der Waals surface area (Å²) in [5.74, 6) is 4.78. The van der Waals surface area contributed by atoms with E-state index in [1.54, 1.807) is 6.92 Å². The van der Waals surface area contributed by atoms with E-state index in [2.05, 4.69) is 17.2 Å². The second-order valence-corrected chi connectivity index (χ2v) is 4.08. The van der Waals surface area contributed by atoms with Gasteiger partial charge in [0.25, 0.3) is 0 Å². The van der Waals surface area contributed by atoms with Crippen molar-refractivity contribution in [3.63, 3.8) is 0 Å². The molecule has 0 aromatic carbocycles. The van der Waals surface area contributed by atoms with E-state index in [4.69, 9.17) is 5.11 Å². The van der Waals surface area contributed by atoms with Gasteiger partial charge in [0.05, 0.1) is 0 Å². The third-order valence-electron chi connectivity index (χ3n) is 1.90. The Morgan fingerprint density at radius 3 is 2.53 bits per heavy atom. The number of amides is 2. The molecule has 5 nitrogen and oxygen atoms in total. The summed E-state index contributed by atoms with van der Waals surface area (Å²) in [5, 5.41) is 11.4. The number of aliphatic carboxylic acids is 1. The van der Waals surface area contributed by atoms with Gasteiger partial charge in [-0.25, -0.2) is 4.79 Å². The fourth-order valence-electron chi connectivity index (χ4n) is 1.29. The molecule has 0 saturated heterocycles. The van der Waals surface area contributed by atoms with E-state index < -0.39 is 5.97 Å². The first-order chi connectivity index (χ1) is 7.97. The largest absolute Gasteiger partial charge is 0.480 e. The maximum atomic E-state index is 11.7. The zero-order chi connectivity index (χ0) is 13.3. The molecule has 0 atom stereocenters. The number of hydrogen-bond acceptors (Lipinski definition) is 2. The number of carbonyl (C=O) groups excluding carboxylic acids is 1. The highest BCUT2D eigenvalue weighted by Crippen LogP contribution is 1.99. The van der Waals surface area contributed by atoms with Crippen molar-refractivity contribution in [2.24, 2.45) is 5.92 Å². The molecule has 0 aliphatic rings. The second kappa shape index (κ2) is 8.45. The van der Waals surface area contributed by atoms with Crippen LogP contribution in [-0.4, -0.2) is 41.6 Å². The lowest BCUT2D eigenvalue weighted by Gasteiger charge is -2.22. The molecule has 0 spiro atoms. The van der Waals surface area contributed by atoms with Gasteiger partial charge in [0.1, 0.15) is 6.54 Å². The van der Waals surface area contributed by atoms with Gasteiger partial charge in [-0.05, 0) is 12.8 Å². The summed E-state index contributed by atoms with van der Waals surface area (Å²) in [7, 11) is 0. The molecule has 2 amide bonds. The van der Waals surface area contributed by atoms with Crippen LogP contribution >= 0.6 is 0 Å². The zero-order valence-corrected chi connectivity index (χ0v) is 10.6. The van der Waals surface area contributed by atoms with E-state index in [1.807, 2.05) is 13.8 Å².